The molecular formula is C28H26ClN5O3S. The number of halogens is 1. The van der Waals surface area contributed by atoms with Gasteiger partial charge in [-0.1, -0.05) is 23.7 Å². The summed E-state index contributed by atoms with van der Waals surface area (Å²) in [5.41, 5.74) is 3.64. The Hall–Kier alpha value is -3.92. The third-order valence-electron chi connectivity index (χ3n) is 6.29. The van der Waals surface area contributed by atoms with Gasteiger partial charge in [0.25, 0.3) is 5.91 Å². The van der Waals surface area contributed by atoms with Crippen molar-refractivity contribution in [2.24, 2.45) is 0 Å². The Bertz CT molecular complexity index is 1450. The minimum atomic E-state index is -1.06. The third kappa shape index (κ3) is 5.96. The lowest BCUT2D eigenvalue weighted by molar-refractivity contribution is 0.0702. The first-order valence-electron chi connectivity index (χ1n) is 12.1. The molecule has 0 spiro atoms. The van der Waals surface area contributed by atoms with E-state index >= 15 is 0 Å². The highest BCUT2D eigenvalue weighted by molar-refractivity contribution is 7.17. The van der Waals surface area contributed by atoms with Gasteiger partial charge in [0.1, 0.15) is 5.01 Å². The van der Waals surface area contributed by atoms with Gasteiger partial charge in [-0.05, 0) is 67.7 Å². The zero-order valence-corrected chi connectivity index (χ0v) is 22.2. The summed E-state index contributed by atoms with van der Waals surface area (Å²) in [4.78, 5) is 33.9. The minimum Gasteiger partial charge on any atom is -0.477 e. The molecule has 0 aliphatic carbocycles. The van der Waals surface area contributed by atoms with Crippen LogP contribution in [0, 0.1) is 0 Å². The number of carboxylic acid groups (broad SMARTS) is 1. The third-order valence-corrected chi connectivity index (χ3v) is 7.64. The highest BCUT2D eigenvalue weighted by Gasteiger charge is 2.20. The molecular weight excluding hydrogens is 522 g/mol. The number of aromatic nitrogens is 1. The van der Waals surface area contributed by atoms with Crippen molar-refractivity contribution in [3.05, 3.63) is 88.3 Å². The Morgan fingerprint density at radius 1 is 0.947 bits per heavy atom. The van der Waals surface area contributed by atoms with E-state index in [1.54, 1.807) is 42.5 Å². The van der Waals surface area contributed by atoms with E-state index in [2.05, 4.69) is 32.5 Å². The second-order valence-electron chi connectivity index (χ2n) is 9.01. The van der Waals surface area contributed by atoms with Gasteiger partial charge in [-0.15, -0.1) is 11.3 Å². The van der Waals surface area contributed by atoms with Crippen LogP contribution in [0.4, 0.5) is 22.9 Å². The predicted molar refractivity (Wildman–Crippen MR) is 153 cm³/mol. The van der Waals surface area contributed by atoms with E-state index < -0.39 is 5.97 Å². The highest BCUT2D eigenvalue weighted by Crippen LogP contribution is 2.34. The number of piperazine rings is 1. The van der Waals surface area contributed by atoms with Crippen molar-refractivity contribution in [2.75, 3.05) is 48.8 Å². The van der Waals surface area contributed by atoms with Crippen molar-refractivity contribution in [2.45, 2.75) is 0 Å². The summed E-state index contributed by atoms with van der Waals surface area (Å²) in [6, 6.07) is 21.7. The maximum atomic E-state index is 12.6. The van der Waals surface area contributed by atoms with Crippen LogP contribution < -0.4 is 15.5 Å². The number of anilines is 4. The van der Waals surface area contributed by atoms with Crippen LogP contribution in [0.2, 0.25) is 5.02 Å². The molecule has 0 atom stereocenters. The number of rotatable bonds is 7. The summed E-state index contributed by atoms with van der Waals surface area (Å²) in [5.74, 6) is -1.05. The molecule has 4 aromatic rings. The quantitative estimate of drug-likeness (QED) is 0.264. The fraction of sp³-hybridized carbons (Fsp3) is 0.179. The Morgan fingerprint density at radius 3 is 2.34 bits per heavy atom. The zero-order chi connectivity index (χ0) is 26.6. The number of aromatic carboxylic acids is 1. The van der Waals surface area contributed by atoms with Gasteiger partial charge in [0.15, 0.2) is 10.7 Å². The normalized spacial score (nSPS) is 13.8. The van der Waals surface area contributed by atoms with Gasteiger partial charge in [0.2, 0.25) is 0 Å². The van der Waals surface area contributed by atoms with Crippen LogP contribution in [0.3, 0.4) is 0 Å². The molecule has 1 aliphatic rings. The fourth-order valence-corrected chi connectivity index (χ4v) is 5.15. The predicted octanol–water partition coefficient (Wildman–Crippen LogP) is 5.91. The van der Waals surface area contributed by atoms with Crippen LogP contribution >= 0.6 is 22.9 Å². The van der Waals surface area contributed by atoms with Gasteiger partial charge in [-0.3, -0.25) is 4.79 Å². The Labute approximate surface area is 229 Å². The summed E-state index contributed by atoms with van der Waals surface area (Å²) >= 11 is 6.99. The van der Waals surface area contributed by atoms with Crippen molar-refractivity contribution in [1.82, 2.24) is 9.88 Å². The van der Waals surface area contributed by atoms with E-state index in [9.17, 15) is 14.7 Å². The molecule has 3 N–H and O–H groups in total. The summed E-state index contributed by atoms with van der Waals surface area (Å²) in [5, 5.41) is 16.9. The summed E-state index contributed by atoms with van der Waals surface area (Å²) in [6.45, 7) is 3.99. The number of carboxylic acids is 1. The lowest BCUT2D eigenvalue weighted by Gasteiger charge is -2.34. The number of amides is 1. The summed E-state index contributed by atoms with van der Waals surface area (Å²) in [6.07, 6.45) is 0. The van der Waals surface area contributed by atoms with Gasteiger partial charge < -0.3 is 25.5 Å². The van der Waals surface area contributed by atoms with Crippen molar-refractivity contribution < 1.29 is 14.7 Å². The van der Waals surface area contributed by atoms with Crippen molar-refractivity contribution in [3.63, 3.8) is 0 Å². The van der Waals surface area contributed by atoms with Crippen molar-refractivity contribution in [1.29, 1.82) is 0 Å². The number of benzene rings is 3. The van der Waals surface area contributed by atoms with Crippen molar-refractivity contribution in [3.8, 4) is 10.6 Å². The molecule has 1 amide bonds. The molecule has 0 radical (unpaired) electrons. The van der Waals surface area contributed by atoms with Gasteiger partial charge in [0.05, 0.1) is 0 Å². The van der Waals surface area contributed by atoms with E-state index in [1.807, 2.05) is 30.3 Å². The molecule has 1 fully saturated rings. The van der Waals surface area contributed by atoms with Crippen LogP contribution in [0.1, 0.15) is 20.0 Å². The number of hydrogen-bond acceptors (Lipinski definition) is 7. The van der Waals surface area contributed by atoms with E-state index in [1.165, 1.54) is 0 Å². The van der Waals surface area contributed by atoms with Gasteiger partial charge >= 0.3 is 5.97 Å². The monoisotopic (exact) mass is 547 g/mol. The van der Waals surface area contributed by atoms with E-state index in [-0.39, 0.29) is 16.6 Å². The number of likely N-dealkylation sites (N-methyl/N-ethyl adjacent to an activating group) is 1. The summed E-state index contributed by atoms with van der Waals surface area (Å²) < 4.78 is 0. The van der Waals surface area contributed by atoms with Crippen LogP contribution in [-0.4, -0.2) is 60.1 Å². The van der Waals surface area contributed by atoms with Gasteiger partial charge in [-0.25, -0.2) is 9.78 Å². The number of nitrogens with zero attached hydrogens (tertiary/aromatic N) is 3. The largest absolute Gasteiger partial charge is 0.477 e. The molecule has 0 saturated carbocycles. The maximum absolute atomic E-state index is 12.6. The SMILES string of the molecule is CN1CCN(c2ccc(Nc3nc(-c4cccc(NC(=O)c5ccc(Cl)cc5)c4)sc3C(=O)O)cc2)CC1. The van der Waals surface area contributed by atoms with Crippen LogP contribution in [0.25, 0.3) is 10.6 Å². The molecule has 0 unspecified atom stereocenters. The van der Waals surface area contributed by atoms with Crippen LogP contribution in [-0.2, 0) is 0 Å². The zero-order valence-electron chi connectivity index (χ0n) is 20.6. The number of thiazole rings is 1. The smallest absolute Gasteiger partial charge is 0.349 e. The first kappa shape index (κ1) is 25.7. The first-order chi connectivity index (χ1) is 18.4. The highest BCUT2D eigenvalue weighted by atomic mass is 35.5. The van der Waals surface area contributed by atoms with Gasteiger partial charge in [-0.2, -0.15) is 0 Å². The minimum absolute atomic E-state index is 0.110. The second kappa shape index (κ2) is 11.2. The first-order valence-corrected chi connectivity index (χ1v) is 13.3. The lowest BCUT2D eigenvalue weighted by atomic mass is 10.2. The Morgan fingerprint density at radius 2 is 1.66 bits per heavy atom. The molecule has 0 bridgehead atoms. The van der Waals surface area contributed by atoms with E-state index in [4.69, 9.17) is 11.6 Å². The molecule has 8 nitrogen and oxygen atoms in total. The number of carbonyl (C=O) groups is 2. The number of hydrogen-bond donors (Lipinski definition) is 3. The van der Waals surface area contributed by atoms with Crippen LogP contribution in [0.5, 0.6) is 0 Å². The van der Waals surface area contributed by atoms with E-state index in [0.717, 1.165) is 48.9 Å². The topological polar surface area (TPSA) is 97.8 Å². The van der Waals surface area contributed by atoms with Gasteiger partial charge in [0, 0.05) is 59.4 Å². The second-order valence-corrected chi connectivity index (χ2v) is 10.4. The van der Waals surface area contributed by atoms with Crippen molar-refractivity contribution >= 4 is 57.7 Å². The molecule has 1 aromatic heterocycles. The molecule has 2 heterocycles. The summed E-state index contributed by atoms with van der Waals surface area (Å²) in [7, 11) is 2.13. The molecule has 1 aliphatic heterocycles. The van der Waals surface area contributed by atoms with E-state index in [0.29, 0.717) is 26.8 Å². The molecule has 194 valence electrons. The maximum Gasteiger partial charge on any atom is 0.349 e. The lowest BCUT2D eigenvalue weighted by Crippen LogP contribution is -2.44. The molecule has 10 heteroatoms. The standard InChI is InChI=1S/C28H26ClN5O3S/c1-33-13-15-34(16-14-33)23-11-9-21(10-12-23)30-25-24(28(36)37)38-27(32-25)19-3-2-4-22(17-19)31-26(35)18-5-7-20(29)8-6-18/h2-12,17,30H,13-16H2,1H3,(H,31,35)(H,36,37). The Balaban J connectivity index is 1.33. The molecule has 1 saturated heterocycles. The Kier molecular flexibility index (Phi) is 7.59. The molecule has 5 rings (SSSR count). The molecule has 38 heavy (non-hydrogen) atoms. The fourth-order valence-electron chi connectivity index (χ4n) is 4.16. The number of carbonyl (C=O) groups excluding carboxylic acids is 1. The average Bonchev–Trinajstić information content (AvgIpc) is 3.34. The number of nitrogens with one attached hydrogen (secondary N) is 2. The molecule has 3 aromatic carbocycles. The average molecular weight is 548 g/mol. The van der Waals surface area contributed by atoms with Crippen LogP contribution in [0.15, 0.2) is 72.8 Å².